The molecule has 2 heterocycles. The third kappa shape index (κ3) is 2.91. The number of ether oxygens (including phenoxy) is 1. The van der Waals surface area contributed by atoms with Gasteiger partial charge in [0.2, 0.25) is 5.95 Å². The molecule has 1 saturated heterocycles. The lowest BCUT2D eigenvalue weighted by molar-refractivity contribution is 0.116. The zero-order chi connectivity index (χ0) is 12.3. The smallest absolute Gasteiger partial charge is 0.225 e. The molecule has 1 aliphatic heterocycles. The van der Waals surface area contributed by atoms with E-state index in [-0.39, 0.29) is 11.9 Å². The SMILES string of the molecule is CN(CC1CCCO1)c1nccc(C(=N)N)n1. The monoisotopic (exact) mass is 235 g/mol. The van der Waals surface area contributed by atoms with Crippen molar-refractivity contribution in [2.45, 2.75) is 18.9 Å². The van der Waals surface area contributed by atoms with Gasteiger partial charge < -0.3 is 15.4 Å². The normalized spacial score (nSPS) is 19.2. The molecule has 6 nitrogen and oxygen atoms in total. The molecule has 1 aliphatic rings. The number of likely N-dealkylation sites (N-methyl/N-ethyl adjacent to an activating group) is 1. The molecule has 1 aromatic heterocycles. The molecule has 1 unspecified atom stereocenters. The van der Waals surface area contributed by atoms with E-state index in [1.54, 1.807) is 12.3 Å². The topological polar surface area (TPSA) is 88.1 Å². The van der Waals surface area contributed by atoms with E-state index in [1.165, 1.54) is 0 Å². The number of nitrogen functional groups attached to an aromatic ring is 1. The summed E-state index contributed by atoms with van der Waals surface area (Å²) in [5, 5.41) is 7.34. The summed E-state index contributed by atoms with van der Waals surface area (Å²) in [5.41, 5.74) is 5.85. The number of hydrogen-bond donors (Lipinski definition) is 2. The van der Waals surface area contributed by atoms with E-state index in [0.717, 1.165) is 26.0 Å². The minimum atomic E-state index is -0.0424. The fourth-order valence-corrected chi connectivity index (χ4v) is 1.86. The maximum Gasteiger partial charge on any atom is 0.225 e. The van der Waals surface area contributed by atoms with Gasteiger partial charge in [0.05, 0.1) is 6.10 Å². The molecule has 2 rings (SSSR count). The lowest BCUT2D eigenvalue weighted by Gasteiger charge is -2.20. The van der Waals surface area contributed by atoms with Crippen LogP contribution >= 0.6 is 0 Å². The first-order chi connectivity index (χ1) is 8.16. The largest absolute Gasteiger partial charge is 0.382 e. The molecule has 0 saturated carbocycles. The maximum atomic E-state index is 7.34. The van der Waals surface area contributed by atoms with Crippen LogP contribution in [0, 0.1) is 5.41 Å². The summed E-state index contributed by atoms with van der Waals surface area (Å²) in [6, 6.07) is 1.63. The summed E-state index contributed by atoms with van der Waals surface area (Å²) in [4.78, 5) is 10.3. The zero-order valence-electron chi connectivity index (χ0n) is 9.89. The molecule has 6 heteroatoms. The quantitative estimate of drug-likeness (QED) is 0.581. The molecule has 0 spiro atoms. The van der Waals surface area contributed by atoms with E-state index in [0.29, 0.717) is 11.6 Å². The summed E-state index contributed by atoms with van der Waals surface area (Å²) in [6.07, 6.45) is 4.07. The van der Waals surface area contributed by atoms with Crippen LogP contribution < -0.4 is 10.6 Å². The Kier molecular flexibility index (Phi) is 3.53. The third-order valence-electron chi connectivity index (χ3n) is 2.76. The first-order valence-electron chi connectivity index (χ1n) is 5.67. The molecule has 17 heavy (non-hydrogen) atoms. The molecular weight excluding hydrogens is 218 g/mol. The van der Waals surface area contributed by atoms with Gasteiger partial charge in [-0.3, -0.25) is 5.41 Å². The Morgan fingerprint density at radius 1 is 1.71 bits per heavy atom. The Hall–Kier alpha value is -1.69. The molecule has 0 aromatic carbocycles. The molecule has 0 radical (unpaired) electrons. The average molecular weight is 235 g/mol. The lowest BCUT2D eigenvalue weighted by Crippen LogP contribution is -2.30. The number of nitrogens with zero attached hydrogens (tertiary/aromatic N) is 3. The Morgan fingerprint density at radius 2 is 2.53 bits per heavy atom. The lowest BCUT2D eigenvalue weighted by atomic mass is 10.2. The Morgan fingerprint density at radius 3 is 3.18 bits per heavy atom. The summed E-state index contributed by atoms with van der Waals surface area (Å²) in [7, 11) is 1.92. The van der Waals surface area contributed by atoms with Gasteiger partial charge in [-0.15, -0.1) is 0 Å². The summed E-state index contributed by atoms with van der Waals surface area (Å²) in [5.74, 6) is 0.535. The van der Waals surface area contributed by atoms with Gasteiger partial charge in [-0.05, 0) is 18.9 Å². The summed E-state index contributed by atoms with van der Waals surface area (Å²) < 4.78 is 5.56. The van der Waals surface area contributed by atoms with Crippen LogP contribution in [-0.2, 0) is 4.74 Å². The predicted molar refractivity (Wildman–Crippen MR) is 65.3 cm³/mol. The van der Waals surface area contributed by atoms with E-state index >= 15 is 0 Å². The van der Waals surface area contributed by atoms with Crippen LogP contribution in [0.1, 0.15) is 18.5 Å². The zero-order valence-corrected chi connectivity index (χ0v) is 9.89. The molecule has 3 N–H and O–H groups in total. The van der Waals surface area contributed by atoms with Crippen LogP contribution in [0.15, 0.2) is 12.3 Å². The van der Waals surface area contributed by atoms with Gasteiger partial charge in [-0.25, -0.2) is 9.97 Å². The van der Waals surface area contributed by atoms with Crippen molar-refractivity contribution in [3.63, 3.8) is 0 Å². The molecule has 0 bridgehead atoms. The molecule has 0 amide bonds. The van der Waals surface area contributed by atoms with E-state index in [1.807, 2.05) is 11.9 Å². The number of amidine groups is 1. The van der Waals surface area contributed by atoms with Crippen LogP contribution in [0.5, 0.6) is 0 Å². The van der Waals surface area contributed by atoms with Crippen LogP contribution in [0.2, 0.25) is 0 Å². The number of aromatic nitrogens is 2. The average Bonchev–Trinajstić information content (AvgIpc) is 2.82. The first-order valence-corrected chi connectivity index (χ1v) is 5.67. The Bertz CT molecular complexity index is 403. The second kappa shape index (κ2) is 5.09. The molecule has 92 valence electrons. The number of nitrogens with one attached hydrogen (secondary N) is 1. The fourth-order valence-electron chi connectivity index (χ4n) is 1.86. The van der Waals surface area contributed by atoms with Gasteiger partial charge in [0.1, 0.15) is 11.5 Å². The highest BCUT2D eigenvalue weighted by atomic mass is 16.5. The van der Waals surface area contributed by atoms with Crippen molar-refractivity contribution in [1.82, 2.24) is 9.97 Å². The molecular formula is C11H17N5O. The number of anilines is 1. The molecule has 1 aromatic rings. The Balaban J connectivity index is 2.04. The van der Waals surface area contributed by atoms with Crippen molar-refractivity contribution in [2.75, 3.05) is 25.1 Å². The van der Waals surface area contributed by atoms with E-state index < -0.39 is 0 Å². The number of rotatable bonds is 4. The van der Waals surface area contributed by atoms with Gasteiger partial charge in [-0.2, -0.15) is 0 Å². The molecule has 0 aliphatic carbocycles. The van der Waals surface area contributed by atoms with Gasteiger partial charge in [0.25, 0.3) is 0 Å². The first kappa shape index (κ1) is 11.8. The number of hydrogen-bond acceptors (Lipinski definition) is 5. The second-order valence-electron chi connectivity index (χ2n) is 4.17. The predicted octanol–water partition coefficient (Wildman–Crippen LogP) is 0.376. The maximum absolute atomic E-state index is 7.34. The highest BCUT2D eigenvalue weighted by Crippen LogP contribution is 2.15. The minimum Gasteiger partial charge on any atom is -0.382 e. The van der Waals surface area contributed by atoms with E-state index in [2.05, 4.69) is 9.97 Å². The molecule has 1 atom stereocenters. The fraction of sp³-hybridized carbons (Fsp3) is 0.545. The van der Waals surface area contributed by atoms with Crippen molar-refractivity contribution in [3.05, 3.63) is 18.0 Å². The minimum absolute atomic E-state index is 0.0424. The third-order valence-corrected chi connectivity index (χ3v) is 2.76. The highest BCUT2D eigenvalue weighted by Gasteiger charge is 2.18. The van der Waals surface area contributed by atoms with E-state index in [9.17, 15) is 0 Å². The van der Waals surface area contributed by atoms with Gasteiger partial charge in [-0.1, -0.05) is 0 Å². The van der Waals surface area contributed by atoms with Gasteiger partial charge >= 0.3 is 0 Å². The Labute approximate surface area is 100 Å². The summed E-state index contributed by atoms with van der Waals surface area (Å²) in [6.45, 7) is 1.61. The van der Waals surface area contributed by atoms with Crippen molar-refractivity contribution in [2.24, 2.45) is 5.73 Å². The van der Waals surface area contributed by atoms with E-state index in [4.69, 9.17) is 15.9 Å². The molecule has 1 fully saturated rings. The van der Waals surface area contributed by atoms with Crippen LogP contribution in [0.3, 0.4) is 0 Å². The second-order valence-corrected chi connectivity index (χ2v) is 4.17. The van der Waals surface area contributed by atoms with Crippen molar-refractivity contribution < 1.29 is 4.74 Å². The standard InChI is InChI=1S/C11H17N5O/c1-16(7-8-3-2-6-17-8)11-14-5-4-9(15-11)10(12)13/h4-5,8H,2-3,6-7H2,1H3,(H3,12,13). The van der Waals surface area contributed by atoms with Crippen LogP contribution in [0.25, 0.3) is 0 Å². The number of nitrogens with two attached hydrogens (primary N) is 1. The van der Waals surface area contributed by atoms with Crippen molar-refractivity contribution in [1.29, 1.82) is 5.41 Å². The van der Waals surface area contributed by atoms with Gasteiger partial charge in [0.15, 0.2) is 0 Å². The van der Waals surface area contributed by atoms with Crippen molar-refractivity contribution >= 4 is 11.8 Å². The van der Waals surface area contributed by atoms with Crippen LogP contribution in [-0.4, -0.2) is 42.1 Å². The van der Waals surface area contributed by atoms with Crippen molar-refractivity contribution in [3.8, 4) is 0 Å². The van der Waals surface area contributed by atoms with Crippen LogP contribution in [0.4, 0.5) is 5.95 Å². The van der Waals surface area contributed by atoms with Gasteiger partial charge in [0, 0.05) is 26.4 Å². The summed E-state index contributed by atoms with van der Waals surface area (Å²) >= 11 is 0. The highest BCUT2D eigenvalue weighted by molar-refractivity contribution is 5.93.